The molecule has 0 radical (unpaired) electrons. The normalized spacial score (nSPS) is 18.6. The highest BCUT2D eigenvalue weighted by Gasteiger charge is 2.30. The number of carboxylic acids is 1. The second-order valence-corrected chi connectivity index (χ2v) is 4.10. The highest BCUT2D eigenvalue weighted by Crippen LogP contribution is 2.34. The first-order valence-electron chi connectivity index (χ1n) is 5.29. The lowest BCUT2D eigenvalue weighted by atomic mass is 10.0. The Morgan fingerprint density at radius 2 is 2.29 bits per heavy atom. The summed E-state index contributed by atoms with van der Waals surface area (Å²) in [6.45, 7) is 2.76. The van der Waals surface area contributed by atoms with Crippen LogP contribution in [0.25, 0.3) is 0 Å². The molecular formula is C11H12N2O4. The molecule has 6 heteroatoms. The number of benzene rings is 1. The maximum Gasteiger partial charge on any atom is 0.335 e. The number of hydrogen-bond donors (Lipinski definition) is 1. The number of aromatic carboxylic acids is 1. The molecular weight excluding hydrogens is 224 g/mol. The Morgan fingerprint density at radius 1 is 1.59 bits per heavy atom. The van der Waals surface area contributed by atoms with E-state index in [9.17, 15) is 14.9 Å². The predicted octanol–water partition coefficient (Wildman–Crippen LogP) is 1.89. The molecule has 1 atom stereocenters. The van der Waals surface area contributed by atoms with Crippen molar-refractivity contribution in [2.24, 2.45) is 0 Å². The van der Waals surface area contributed by atoms with E-state index in [1.165, 1.54) is 12.1 Å². The molecule has 1 aromatic rings. The lowest BCUT2D eigenvalue weighted by Gasteiger charge is -2.40. The van der Waals surface area contributed by atoms with Crippen molar-refractivity contribution in [1.29, 1.82) is 0 Å². The zero-order chi connectivity index (χ0) is 12.6. The molecule has 1 saturated heterocycles. The Bertz CT molecular complexity index is 486. The van der Waals surface area contributed by atoms with Crippen molar-refractivity contribution in [3.8, 4) is 0 Å². The van der Waals surface area contributed by atoms with Crippen molar-refractivity contribution in [3.63, 3.8) is 0 Å². The smallest absolute Gasteiger partial charge is 0.335 e. The van der Waals surface area contributed by atoms with Gasteiger partial charge in [-0.15, -0.1) is 0 Å². The Morgan fingerprint density at radius 3 is 2.71 bits per heavy atom. The summed E-state index contributed by atoms with van der Waals surface area (Å²) in [5, 5.41) is 19.7. The topological polar surface area (TPSA) is 83.7 Å². The van der Waals surface area contributed by atoms with Crippen LogP contribution in [0.4, 0.5) is 11.4 Å². The lowest BCUT2D eigenvalue weighted by molar-refractivity contribution is -0.384. The molecule has 0 spiro atoms. The van der Waals surface area contributed by atoms with Gasteiger partial charge < -0.3 is 10.0 Å². The number of carbonyl (C=O) groups is 1. The van der Waals surface area contributed by atoms with Crippen LogP contribution in [-0.2, 0) is 0 Å². The minimum Gasteiger partial charge on any atom is -0.478 e. The van der Waals surface area contributed by atoms with Crippen LogP contribution in [0.15, 0.2) is 18.2 Å². The fraction of sp³-hybridized carbons (Fsp3) is 0.364. The molecule has 90 valence electrons. The molecule has 1 unspecified atom stereocenters. The summed E-state index contributed by atoms with van der Waals surface area (Å²) in [4.78, 5) is 23.1. The Balaban J connectivity index is 2.45. The Hall–Kier alpha value is -2.11. The number of nitro groups is 1. The number of nitrogens with zero attached hydrogens (tertiary/aromatic N) is 2. The molecule has 0 saturated carbocycles. The standard InChI is InChI=1S/C11H12N2O4/c1-7-4-5-12(7)9-3-2-8(11(14)15)6-10(9)13(16)17/h2-3,6-7H,4-5H2,1H3,(H,14,15). The first-order valence-corrected chi connectivity index (χ1v) is 5.29. The summed E-state index contributed by atoms with van der Waals surface area (Å²) in [7, 11) is 0. The quantitative estimate of drug-likeness (QED) is 0.640. The molecule has 1 fully saturated rings. The average molecular weight is 236 g/mol. The van der Waals surface area contributed by atoms with E-state index in [4.69, 9.17) is 5.11 Å². The Kier molecular flexibility index (Phi) is 2.71. The van der Waals surface area contributed by atoms with Gasteiger partial charge in [0.25, 0.3) is 5.69 Å². The van der Waals surface area contributed by atoms with E-state index in [1.807, 2.05) is 11.8 Å². The molecule has 1 heterocycles. The van der Waals surface area contributed by atoms with Gasteiger partial charge in [-0.2, -0.15) is 0 Å². The summed E-state index contributed by atoms with van der Waals surface area (Å²) in [6, 6.07) is 4.29. The average Bonchev–Trinajstić information content (AvgIpc) is 2.27. The van der Waals surface area contributed by atoms with Crippen molar-refractivity contribution in [1.82, 2.24) is 0 Å². The zero-order valence-electron chi connectivity index (χ0n) is 9.29. The van der Waals surface area contributed by atoms with E-state index in [-0.39, 0.29) is 17.3 Å². The van der Waals surface area contributed by atoms with Gasteiger partial charge >= 0.3 is 5.97 Å². The number of nitro benzene ring substituents is 1. The number of rotatable bonds is 3. The molecule has 17 heavy (non-hydrogen) atoms. The summed E-state index contributed by atoms with van der Waals surface area (Å²) in [5.41, 5.74) is 0.295. The third-order valence-electron chi connectivity index (χ3n) is 3.05. The molecule has 0 aliphatic carbocycles. The molecule has 1 aromatic carbocycles. The van der Waals surface area contributed by atoms with Crippen LogP contribution < -0.4 is 4.90 Å². The molecule has 1 aliphatic rings. The van der Waals surface area contributed by atoms with E-state index >= 15 is 0 Å². The molecule has 0 amide bonds. The molecule has 0 aromatic heterocycles. The van der Waals surface area contributed by atoms with Crippen LogP contribution in [0.5, 0.6) is 0 Å². The summed E-state index contributed by atoms with van der Waals surface area (Å²) < 4.78 is 0. The number of anilines is 1. The second kappa shape index (κ2) is 4.04. The first-order chi connectivity index (χ1) is 8.00. The fourth-order valence-corrected chi connectivity index (χ4v) is 1.92. The van der Waals surface area contributed by atoms with Crippen LogP contribution >= 0.6 is 0 Å². The van der Waals surface area contributed by atoms with Gasteiger partial charge in [0, 0.05) is 18.7 Å². The van der Waals surface area contributed by atoms with Crippen LogP contribution in [-0.4, -0.2) is 28.6 Å². The number of carboxylic acid groups (broad SMARTS) is 1. The van der Waals surface area contributed by atoms with E-state index < -0.39 is 10.9 Å². The van der Waals surface area contributed by atoms with Crippen molar-refractivity contribution in [2.75, 3.05) is 11.4 Å². The number of hydrogen-bond acceptors (Lipinski definition) is 4. The van der Waals surface area contributed by atoms with E-state index in [2.05, 4.69) is 0 Å². The van der Waals surface area contributed by atoms with Crippen LogP contribution in [0.2, 0.25) is 0 Å². The molecule has 0 bridgehead atoms. The van der Waals surface area contributed by atoms with Gasteiger partial charge in [0.2, 0.25) is 0 Å². The minimum atomic E-state index is -1.16. The third kappa shape index (κ3) is 1.93. The summed E-state index contributed by atoms with van der Waals surface area (Å²) in [5.74, 6) is -1.16. The van der Waals surface area contributed by atoms with E-state index in [1.54, 1.807) is 0 Å². The maximum atomic E-state index is 10.9. The highest BCUT2D eigenvalue weighted by atomic mass is 16.6. The van der Waals surface area contributed by atoms with E-state index in [0.29, 0.717) is 5.69 Å². The fourth-order valence-electron chi connectivity index (χ4n) is 1.92. The highest BCUT2D eigenvalue weighted by molar-refractivity contribution is 5.90. The van der Waals surface area contributed by atoms with Crippen molar-refractivity contribution in [3.05, 3.63) is 33.9 Å². The maximum absolute atomic E-state index is 10.9. The predicted molar refractivity (Wildman–Crippen MR) is 61.5 cm³/mol. The molecule has 1 aliphatic heterocycles. The van der Waals surface area contributed by atoms with Gasteiger partial charge in [-0.3, -0.25) is 10.1 Å². The van der Waals surface area contributed by atoms with Crippen LogP contribution in [0, 0.1) is 10.1 Å². The van der Waals surface area contributed by atoms with Gasteiger partial charge in [-0.1, -0.05) is 0 Å². The van der Waals surface area contributed by atoms with Gasteiger partial charge in [0.05, 0.1) is 10.5 Å². The van der Waals surface area contributed by atoms with Crippen molar-refractivity contribution >= 4 is 17.3 Å². The monoisotopic (exact) mass is 236 g/mol. The van der Waals surface area contributed by atoms with Gasteiger partial charge in [0.15, 0.2) is 0 Å². The first kappa shape index (κ1) is 11.4. The van der Waals surface area contributed by atoms with Crippen molar-refractivity contribution < 1.29 is 14.8 Å². The largest absolute Gasteiger partial charge is 0.478 e. The second-order valence-electron chi connectivity index (χ2n) is 4.10. The molecule has 6 nitrogen and oxygen atoms in total. The third-order valence-corrected chi connectivity index (χ3v) is 3.05. The van der Waals surface area contributed by atoms with Crippen LogP contribution in [0.3, 0.4) is 0 Å². The summed E-state index contributed by atoms with van der Waals surface area (Å²) >= 11 is 0. The molecule has 2 rings (SSSR count). The Labute approximate surface area is 97.6 Å². The minimum absolute atomic E-state index is 0.0615. The molecule has 1 N–H and O–H groups in total. The van der Waals surface area contributed by atoms with Gasteiger partial charge in [-0.05, 0) is 25.5 Å². The SMILES string of the molecule is CC1CCN1c1ccc(C(=O)O)cc1[N+](=O)[O-]. The van der Waals surface area contributed by atoms with Crippen LogP contribution in [0.1, 0.15) is 23.7 Å². The zero-order valence-corrected chi connectivity index (χ0v) is 9.29. The van der Waals surface area contributed by atoms with Gasteiger partial charge in [0.1, 0.15) is 5.69 Å². The van der Waals surface area contributed by atoms with E-state index in [0.717, 1.165) is 19.0 Å². The van der Waals surface area contributed by atoms with Crippen molar-refractivity contribution in [2.45, 2.75) is 19.4 Å². The summed E-state index contributed by atoms with van der Waals surface area (Å²) in [6.07, 6.45) is 0.998. The van der Waals surface area contributed by atoms with Gasteiger partial charge in [-0.25, -0.2) is 4.79 Å². The lowest BCUT2D eigenvalue weighted by Crippen LogP contribution is -2.46.